The number of sulfonamides is 1. The van der Waals surface area contributed by atoms with Gasteiger partial charge in [-0.25, -0.2) is 8.78 Å². The summed E-state index contributed by atoms with van der Waals surface area (Å²) in [5.74, 6) is -2.04. The number of carbonyl (C=O) groups excluding carboxylic acids is 1. The highest BCUT2D eigenvalue weighted by Gasteiger charge is 2.29. The predicted molar refractivity (Wildman–Crippen MR) is 103 cm³/mol. The Kier molecular flexibility index (Phi) is 5.46. The van der Waals surface area contributed by atoms with Gasteiger partial charge < -0.3 is 10.2 Å². The molecule has 0 fully saturated rings. The summed E-state index contributed by atoms with van der Waals surface area (Å²) in [7, 11) is -3.95. The highest BCUT2D eigenvalue weighted by molar-refractivity contribution is 7.90. The first-order chi connectivity index (χ1) is 13.2. The molecule has 1 amide bonds. The Labute approximate surface area is 161 Å². The monoisotopic (exact) mass is 407 g/mol. The van der Waals surface area contributed by atoms with Crippen molar-refractivity contribution in [3.05, 3.63) is 53.6 Å². The number of rotatable bonds is 5. The quantitative estimate of drug-likeness (QED) is 0.814. The van der Waals surface area contributed by atoms with E-state index in [2.05, 4.69) is 9.71 Å². The molecule has 0 radical (unpaired) electrons. The summed E-state index contributed by atoms with van der Waals surface area (Å²) in [4.78, 5) is 14.2. The molecule has 9 heteroatoms. The van der Waals surface area contributed by atoms with Gasteiger partial charge in [-0.2, -0.15) is 8.42 Å². The summed E-state index contributed by atoms with van der Waals surface area (Å²) in [5, 5.41) is 2.32. The molecule has 1 aliphatic rings. The van der Waals surface area contributed by atoms with Gasteiger partial charge in [-0.1, -0.05) is 13.3 Å². The molecule has 28 heavy (non-hydrogen) atoms. The number of amidine groups is 1. The van der Waals surface area contributed by atoms with Crippen LogP contribution >= 0.6 is 0 Å². The molecule has 1 N–H and O–H groups in total. The number of nitrogens with zero attached hydrogens (tertiary/aromatic N) is 2. The van der Waals surface area contributed by atoms with E-state index in [-0.39, 0.29) is 16.1 Å². The summed E-state index contributed by atoms with van der Waals surface area (Å²) in [6.45, 7) is 4.24. The van der Waals surface area contributed by atoms with Crippen molar-refractivity contribution in [3.63, 3.8) is 0 Å². The normalized spacial score (nSPS) is 15.0. The van der Waals surface area contributed by atoms with E-state index in [9.17, 15) is 22.0 Å². The van der Waals surface area contributed by atoms with Gasteiger partial charge in [0.15, 0.2) is 0 Å². The topological polar surface area (TPSA) is 78.8 Å². The molecule has 2 aromatic rings. The highest BCUT2D eigenvalue weighted by atomic mass is 32.2. The molecule has 148 valence electrons. The van der Waals surface area contributed by atoms with Crippen molar-refractivity contribution >= 4 is 33.1 Å². The third-order valence-electron chi connectivity index (χ3n) is 4.35. The number of nitrogens with one attached hydrogen (secondary N) is 1. The summed E-state index contributed by atoms with van der Waals surface area (Å²) < 4.78 is 55.5. The van der Waals surface area contributed by atoms with Gasteiger partial charge in [-0.15, -0.1) is 4.40 Å². The van der Waals surface area contributed by atoms with E-state index in [4.69, 9.17) is 0 Å². The summed E-state index contributed by atoms with van der Waals surface area (Å²) >= 11 is 0. The second-order valence-electron chi connectivity index (χ2n) is 6.38. The molecular formula is C19H19F2N3O3S. The number of anilines is 2. The van der Waals surface area contributed by atoms with Crippen LogP contribution in [-0.4, -0.2) is 26.7 Å². The van der Waals surface area contributed by atoms with Gasteiger partial charge in [0.05, 0.1) is 11.4 Å². The number of unbranched alkanes of at least 4 members (excludes halogenated alkanes) is 1. The minimum atomic E-state index is -3.95. The average molecular weight is 407 g/mol. The average Bonchev–Trinajstić information content (AvgIpc) is 2.63. The summed E-state index contributed by atoms with van der Waals surface area (Å²) in [6.07, 6.45) is 1.77. The number of amides is 1. The van der Waals surface area contributed by atoms with Crippen molar-refractivity contribution in [1.29, 1.82) is 0 Å². The zero-order valence-electron chi connectivity index (χ0n) is 15.4. The maximum absolute atomic E-state index is 13.8. The molecule has 0 spiro atoms. The molecule has 0 atom stereocenters. The lowest BCUT2D eigenvalue weighted by molar-refractivity contribution is 0.102. The van der Waals surface area contributed by atoms with Crippen LogP contribution in [0.1, 0.15) is 37.0 Å². The first kappa shape index (κ1) is 19.9. The van der Waals surface area contributed by atoms with E-state index >= 15 is 0 Å². The lowest BCUT2D eigenvalue weighted by Gasteiger charge is -2.29. The molecular weight excluding hydrogens is 388 g/mol. The van der Waals surface area contributed by atoms with Crippen LogP contribution in [0.15, 0.2) is 45.7 Å². The molecule has 2 aromatic carbocycles. The summed E-state index contributed by atoms with van der Waals surface area (Å²) in [6, 6.07) is 6.97. The lowest BCUT2D eigenvalue weighted by Crippen LogP contribution is -2.34. The van der Waals surface area contributed by atoms with Crippen LogP contribution in [0, 0.1) is 11.6 Å². The van der Waals surface area contributed by atoms with Crippen molar-refractivity contribution in [3.8, 4) is 0 Å². The smallest absolute Gasteiger partial charge is 0.286 e. The first-order valence-corrected chi connectivity index (χ1v) is 10.2. The molecule has 0 aliphatic carbocycles. The Morgan fingerprint density at radius 1 is 1.18 bits per heavy atom. The fourth-order valence-electron chi connectivity index (χ4n) is 2.92. The van der Waals surface area contributed by atoms with Crippen LogP contribution in [-0.2, 0) is 10.0 Å². The van der Waals surface area contributed by atoms with Crippen molar-refractivity contribution in [2.75, 3.05) is 16.8 Å². The summed E-state index contributed by atoms with van der Waals surface area (Å²) in [5.41, 5.74) is 0.270. The fourth-order valence-corrected chi connectivity index (χ4v) is 4.18. The zero-order valence-corrected chi connectivity index (χ0v) is 16.2. The maximum Gasteiger partial charge on any atom is 0.286 e. The van der Waals surface area contributed by atoms with Crippen LogP contribution in [0.5, 0.6) is 0 Å². The number of hydrogen-bond acceptors (Lipinski definition) is 4. The fraction of sp³-hybridized carbons (Fsp3) is 0.263. The van der Waals surface area contributed by atoms with E-state index in [1.165, 1.54) is 18.2 Å². The zero-order chi connectivity index (χ0) is 20.5. The Bertz CT molecular complexity index is 1070. The van der Waals surface area contributed by atoms with Crippen LogP contribution < -0.4 is 10.2 Å². The second-order valence-corrected chi connectivity index (χ2v) is 7.95. The minimum Gasteiger partial charge on any atom is -0.328 e. The Balaban J connectivity index is 1.95. The molecule has 0 aromatic heterocycles. The van der Waals surface area contributed by atoms with Gasteiger partial charge in [0.2, 0.25) is 0 Å². The molecule has 1 heterocycles. The molecule has 1 aliphatic heterocycles. The number of benzene rings is 2. The van der Waals surface area contributed by atoms with E-state index in [1.807, 2.05) is 6.92 Å². The van der Waals surface area contributed by atoms with Crippen molar-refractivity contribution in [2.24, 2.45) is 4.40 Å². The standard InChI is InChI=1S/C19H19F2N3O3S/c1-3-4-9-24-12(2)23-28(26,27)18-10-13(5-8-17(18)24)19(25)22-16-7-6-14(20)11-15(16)21/h5-8,10-11H,3-4,9H2,1-2H3,(H,22,25). The van der Waals surface area contributed by atoms with Crippen molar-refractivity contribution in [2.45, 2.75) is 31.6 Å². The Morgan fingerprint density at radius 2 is 1.93 bits per heavy atom. The largest absolute Gasteiger partial charge is 0.328 e. The molecule has 6 nitrogen and oxygen atoms in total. The number of fused-ring (bicyclic) bond motifs is 1. The van der Waals surface area contributed by atoms with Gasteiger partial charge in [0.25, 0.3) is 15.9 Å². The third-order valence-corrected chi connectivity index (χ3v) is 5.74. The van der Waals surface area contributed by atoms with Crippen molar-refractivity contribution in [1.82, 2.24) is 0 Å². The minimum absolute atomic E-state index is 0.0243. The number of halogens is 2. The highest BCUT2D eigenvalue weighted by Crippen LogP contribution is 2.33. The van der Waals surface area contributed by atoms with Gasteiger partial charge in [-0.05, 0) is 43.7 Å². The van der Waals surface area contributed by atoms with Crippen LogP contribution in [0.3, 0.4) is 0 Å². The SMILES string of the molecule is CCCCN1C(C)=NS(=O)(=O)c2cc(C(=O)Nc3ccc(F)cc3F)ccc21. The molecule has 3 rings (SSSR count). The van der Waals surface area contributed by atoms with Crippen LogP contribution in [0.25, 0.3) is 0 Å². The lowest BCUT2D eigenvalue weighted by atomic mass is 10.1. The van der Waals surface area contributed by atoms with E-state index in [0.717, 1.165) is 25.0 Å². The van der Waals surface area contributed by atoms with Crippen LogP contribution in [0.4, 0.5) is 20.2 Å². The van der Waals surface area contributed by atoms with Gasteiger partial charge in [0.1, 0.15) is 22.4 Å². The Morgan fingerprint density at radius 3 is 2.61 bits per heavy atom. The number of hydrogen-bond donors (Lipinski definition) is 1. The first-order valence-electron chi connectivity index (χ1n) is 8.72. The molecule has 0 saturated carbocycles. The van der Waals surface area contributed by atoms with Gasteiger partial charge in [-0.3, -0.25) is 4.79 Å². The predicted octanol–water partition coefficient (Wildman–Crippen LogP) is 3.94. The van der Waals surface area contributed by atoms with E-state index in [0.29, 0.717) is 24.1 Å². The Hall–Kier alpha value is -2.81. The number of carbonyl (C=O) groups is 1. The maximum atomic E-state index is 13.8. The van der Waals surface area contributed by atoms with Gasteiger partial charge in [0, 0.05) is 18.2 Å². The molecule has 0 saturated heterocycles. The van der Waals surface area contributed by atoms with Crippen molar-refractivity contribution < 1.29 is 22.0 Å². The van der Waals surface area contributed by atoms with E-state index in [1.54, 1.807) is 11.8 Å². The van der Waals surface area contributed by atoms with Gasteiger partial charge >= 0.3 is 0 Å². The van der Waals surface area contributed by atoms with Crippen LogP contribution in [0.2, 0.25) is 0 Å². The third kappa shape index (κ3) is 3.89. The van der Waals surface area contributed by atoms with E-state index < -0.39 is 27.6 Å². The molecule has 0 bridgehead atoms. The second kappa shape index (κ2) is 7.67. The molecule has 0 unspecified atom stereocenters.